The molecule has 4 rings (SSSR count). The fourth-order valence-corrected chi connectivity index (χ4v) is 6.79. The van der Waals surface area contributed by atoms with Crippen LogP contribution in [0.15, 0.2) is 109 Å². The van der Waals surface area contributed by atoms with Crippen molar-refractivity contribution in [2.75, 3.05) is 51.1 Å². The molecule has 4 aromatic rings. The average Bonchev–Trinajstić information content (AvgIpc) is 3.33. The molecule has 0 aromatic heterocycles. The summed E-state index contributed by atoms with van der Waals surface area (Å²) in [6.45, 7) is 4.59. The Morgan fingerprint density at radius 3 is 1.09 bits per heavy atom. The second kappa shape index (κ2) is 28.6. The highest BCUT2D eigenvalue weighted by molar-refractivity contribution is 6.01. The number of anilines is 2. The van der Waals surface area contributed by atoms with E-state index < -0.39 is 41.2 Å². The van der Waals surface area contributed by atoms with E-state index >= 15 is 0 Å². The first kappa shape index (κ1) is 52.4. The van der Waals surface area contributed by atoms with Crippen LogP contribution in [0, 0.1) is 5.41 Å². The summed E-state index contributed by atoms with van der Waals surface area (Å²) in [7, 11) is 0. The van der Waals surface area contributed by atoms with Gasteiger partial charge in [0, 0.05) is 23.5 Å². The number of hydrogen-bond donors (Lipinski definition) is 2. The third kappa shape index (κ3) is 18.7. The summed E-state index contributed by atoms with van der Waals surface area (Å²) in [4.78, 5) is 76.7. The van der Waals surface area contributed by atoms with Crippen LogP contribution in [0.3, 0.4) is 0 Å². The molecule has 0 saturated carbocycles. The Kier molecular flexibility index (Phi) is 22.4. The second-order valence-corrected chi connectivity index (χ2v) is 15.7. The van der Waals surface area contributed by atoms with Crippen LogP contribution in [0.2, 0.25) is 0 Å². The lowest BCUT2D eigenvalue weighted by Crippen LogP contribution is -2.46. The minimum Gasteiger partial charge on any atom is -0.465 e. The monoisotopic (exact) mass is 918 g/mol. The summed E-state index contributed by atoms with van der Waals surface area (Å²) in [6.07, 6.45) is 10.9. The molecule has 0 heterocycles. The largest absolute Gasteiger partial charge is 0.465 e. The molecule has 0 fully saturated rings. The standard InChI is InChI=1S/C53H62N2O12/c1-3-62-47(56)31-21-39-13-23-43(24-14-39)49(58)64-33-9-5-7-11-35-66-51(60)53(37-41-17-27-45(54)28-18-41,38-42-19-29-46(55)30-20-42)52(61)67-36-12-8-6-10-34-65-50(59)44-25-15-40(16-26-44)22-32-48(57)63-4-2/h13-32H,3-12,33-38,54-55H2,1-2H3/b31-21+,32-22+. The number of hydrogen-bond acceptors (Lipinski definition) is 14. The Balaban J connectivity index is 1.26. The first-order valence-corrected chi connectivity index (χ1v) is 22.7. The third-order valence-electron chi connectivity index (χ3n) is 10.5. The molecule has 14 nitrogen and oxygen atoms in total. The van der Waals surface area contributed by atoms with Gasteiger partial charge in [0.2, 0.25) is 0 Å². The normalized spacial score (nSPS) is 11.3. The molecule has 0 spiro atoms. The number of benzene rings is 4. The molecule has 0 radical (unpaired) electrons. The summed E-state index contributed by atoms with van der Waals surface area (Å²) in [5, 5.41) is 0. The van der Waals surface area contributed by atoms with E-state index in [0.717, 1.165) is 11.1 Å². The van der Waals surface area contributed by atoms with Crippen LogP contribution < -0.4 is 11.5 Å². The first-order valence-electron chi connectivity index (χ1n) is 22.7. The van der Waals surface area contributed by atoms with E-state index in [1.807, 2.05) is 0 Å². The van der Waals surface area contributed by atoms with Crippen molar-refractivity contribution in [3.63, 3.8) is 0 Å². The van der Waals surface area contributed by atoms with Crippen molar-refractivity contribution in [3.05, 3.63) is 143 Å². The molecule has 0 bridgehead atoms. The topological polar surface area (TPSA) is 210 Å². The highest BCUT2D eigenvalue weighted by atomic mass is 16.6. The zero-order valence-electron chi connectivity index (χ0n) is 38.4. The van der Waals surface area contributed by atoms with Crippen molar-refractivity contribution in [1.29, 1.82) is 0 Å². The van der Waals surface area contributed by atoms with Gasteiger partial charge in [0.05, 0.1) is 50.8 Å². The lowest BCUT2D eigenvalue weighted by Gasteiger charge is -2.30. The van der Waals surface area contributed by atoms with Crippen LogP contribution in [-0.4, -0.2) is 75.5 Å². The predicted molar refractivity (Wildman–Crippen MR) is 255 cm³/mol. The number of nitrogen functional groups attached to an aromatic ring is 2. The summed E-state index contributed by atoms with van der Waals surface area (Å²) in [6, 6.07) is 27.3. The third-order valence-corrected chi connectivity index (χ3v) is 10.5. The Morgan fingerprint density at radius 1 is 0.433 bits per heavy atom. The lowest BCUT2D eigenvalue weighted by atomic mass is 9.76. The molecule has 4 N–H and O–H groups in total. The zero-order chi connectivity index (χ0) is 48.3. The molecule has 0 aliphatic heterocycles. The maximum atomic E-state index is 14.2. The number of ether oxygens (including phenoxy) is 6. The zero-order valence-corrected chi connectivity index (χ0v) is 38.4. The van der Waals surface area contributed by atoms with Gasteiger partial charge in [0.25, 0.3) is 0 Å². The molecule has 0 unspecified atom stereocenters. The highest BCUT2D eigenvalue weighted by Gasteiger charge is 2.49. The maximum Gasteiger partial charge on any atom is 0.338 e. The molecule has 0 amide bonds. The fourth-order valence-electron chi connectivity index (χ4n) is 6.79. The molecule has 14 heteroatoms. The van der Waals surface area contributed by atoms with E-state index in [1.165, 1.54) is 12.2 Å². The van der Waals surface area contributed by atoms with Gasteiger partial charge in [-0.2, -0.15) is 0 Å². The van der Waals surface area contributed by atoms with Gasteiger partial charge >= 0.3 is 35.8 Å². The quantitative estimate of drug-likeness (QED) is 0.0136. The molecule has 0 aliphatic carbocycles. The highest BCUT2D eigenvalue weighted by Crippen LogP contribution is 2.33. The fraction of sp³-hybridized carbons (Fsp3) is 0.358. The van der Waals surface area contributed by atoms with Crippen LogP contribution in [0.5, 0.6) is 0 Å². The van der Waals surface area contributed by atoms with Crippen molar-refractivity contribution in [1.82, 2.24) is 0 Å². The summed E-state index contributed by atoms with van der Waals surface area (Å²) >= 11 is 0. The first-order chi connectivity index (χ1) is 32.4. The van der Waals surface area contributed by atoms with E-state index in [0.29, 0.717) is 85.0 Å². The molecular weight excluding hydrogens is 857 g/mol. The number of unbranched alkanes of at least 4 members (excludes halogenated alkanes) is 6. The van der Waals surface area contributed by atoms with Gasteiger partial charge in [-0.3, -0.25) is 9.59 Å². The van der Waals surface area contributed by atoms with Crippen LogP contribution in [0.1, 0.15) is 108 Å². The summed E-state index contributed by atoms with van der Waals surface area (Å²) in [5.74, 6) is -3.20. The van der Waals surface area contributed by atoms with Crippen molar-refractivity contribution >= 4 is 59.3 Å². The van der Waals surface area contributed by atoms with Crippen molar-refractivity contribution < 1.29 is 57.2 Å². The van der Waals surface area contributed by atoms with E-state index in [2.05, 4.69) is 0 Å². The van der Waals surface area contributed by atoms with Crippen molar-refractivity contribution in [3.8, 4) is 0 Å². The minimum atomic E-state index is -1.72. The summed E-state index contributed by atoms with van der Waals surface area (Å²) < 4.78 is 32.4. The maximum absolute atomic E-state index is 14.2. The molecule has 0 saturated heterocycles. The average molecular weight is 919 g/mol. The van der Waals surface area contributed by atoms with Crippen LogP contribution in [0.25, 0.3) is 12.2 Å². The Bertz CT molecular complexity index is 2090. The van der Waals surface area contributed by atoms with E-state index in [9.17, 15) is 28.8 Å². The van der Waals surface area contributed by atoms with E-state index in [1.54, 1.807) is 123 Å². The van der Waals surface area contributed by atoms with Gasteiger partial charge in [-0.25, -0.2) is 19.2 Å². The summed E-state index contributed by atoms with van der Waals surface area (Å²) in [5.41, 5.74) is 14.9. The predicted octanol–water partition coefficient (Wildman–Crippen LogP) is 8.70. The number of esters is 6. The van der Waals surface area contributed by atoms with Crippen LogP contribution in [-0.2, 0) is 60.4 Å². The molecule has 4 aromatic carbocycles. The Morgan fingerprint density at radius 2 is 0.761 bits per heavy atom. The van der Waals surface area contributed by atoms with Gasteiger partial charge in [-0.05, 0) is 161 Å². The van der Waals surface area contributed by atoms with Gasteiger partial charge < -0.3 is 39.9 Å². The number of nitrogens with two attached hydrogens (primary N) is 2. The number of rotatable bonds is 28. The van der Waals surface area contributed by atoms with Crippen LogP contribution >= 0.6 is 0 Å². The lowest BCUT2D eigenvalue weighted by molar-refractivity contribution is -0.173. The minimum absolute atomic E-state index is 0.00605. The van der Waals surface area contributed by atoms with Gasteiger partial charge in [-0.1, -0.05) is 48.5 Å². The molecular formula is C53H62N2O12. The van der Waals surface area contributed by atoms with Gasteiger partial charge in [-0.15, -0.1) is 0 Å². The molecule has 0 atom stereocenters. The molecule has 0 aliphatic rings. The smallest absolute Gasteiger partial charge is 0.338 e. The van der Waals surface area contributed by atoms with E-state index in [4.69, 9.17) is 39.9 Å². The van der Waals surface area contributed by atoms with Crippen molar-refractivity contribution in [2.45, 2.75) is 78.1 Å². The second-order valence-electron chi connectivity index (χ2n) is 15.7. The molecule has 356 valence electrons. The van der Waals surface area contributed by atoms with E-state index in [-0.39, 0.29) is 52.5 Å². The molecule has 67 heavy (non-hydrogen) atoms. The Hall–Kier alpha value is -7.22. The SMILES string of the molecule is CCOC(=O)/C=C/c1ccc(C(=O)OCCCCCCOC(=O)C(Cc2ccc(N)cc2)(Cc2ccc(N)cc2)C(=O)OCCCCCCOC(=O)c2ccc(/C=C/C(=O)OCC)cc2)cc1. The van der Waals surface area contributed by atoms with Crippen LogP contribution in [0.4, 0.5) is 11.4 Å². The number of carbonyl (C=O) groups is 6. The van der Waals surface area contributed by atoms with Crippen molar-refractivity contribution in [2.24, 2.45) is 5.41 Å². The Labute approximate surface area is 392 Å². The van der Waals surface area contributed by atoms with Gasteiger partial charge in [0.1, 0.15) is 0 Å². The van der Waals surface area contributed by atoms with Gasteiger partial charge in [0.15, 0.2) is 5.41 Å². The number of carbonyl (C=O) groups excluding carboxylic acids is 6.